The number of hydrogen-bond acceptors (Lipinski definition) is 3. The first kappa shape index (κ1) is 12.4. The number of anilines is 2. The monoisotopic (exact) mass is 241 g/mol. The van der Waals surface area contributed by atoms with Crippen molar-refractivity contribution >= 4 is 11.5 Å². The topological polar surface area (TPSA) is 37.0 Å². The van der Waals surface area contributed by atoms with E-state index in [2.05, 4.69) is 53.7 Å². The molecule has 0 aliphatic carbocycles. The Morgan fingerprint density at radius 2 is 1.83 bits per heavy atom. The molecule has 0 radical (unpaired) electrons. The molecule has 18 heavy (non-hydrogen) atoms. The molecule has 0 aliphatic rings. The van der Waals surface area contributed by atoms with Gasteiger partial charge in [0.05, 0.1) is 0 Å². The van der Waals surface area contributed by atoms with Crippen LogP contribution in [0.3, 0.4) is 0 Å². The summed E-state index contributed by atoms with van der Waals surface area (Å²) in [5, 5.41) is 6.60. The first-order valence-electron chi connectivity index (χ1n) is 6.27. The van der Waals surface area contributed by atoms with Crippen LogP contribution in [0.2, 0.25) is 0 Å². The van der Waals surface area contributed by atoms with Gasteiger partial charge in [0.2, 0.25) is 0 Å². The lowest BCUT2D eigenvalue weighted by molar-refractivity contribution is 1.12. The third kappa shape index (κ3) is 3.48. The van der Waals surface area contributed by atoms with Crippen LogP contribution in [0, 0.1) is 6.92 Å². The van der Waals surface area contributed by atoms with Gasteiger partial charge >= 0.3 is 0 Å². The lowest BCUT2D eigenvalue weighted by Crippen LogP contribution is -2.02. The standard InChI is InChI=1S/C15H19N3/c1-3-16-15-10-14(8-9-17-15)18-11-13-6-4-12(2)5-7-13/h4-10H,3,11H2,1-2H3,(H2,16,17,18). The molecular formula is C15H19N3. The Morgan fingerprint density at radius 3 is 2.56 bits per heavy atom. The Hall–Kier alpha value is -2.03. The van der Waals surface area contributed by atoms with E-state index in [-0.39, 0.29) is 0 Å². The summed E-state index contributed by atoms with van der Waals surface area (Å²) in [5.41, 5.74) is 3.65. The molecule has 2 aromatic rings. The third-order valence-corrected chi connectivity index (χ3v) is 2.74. The summed E-state index contributed by atoms with van der Waals surface area (Å²) in [6, 6.07) is 12.6. The second-order valence-corrected chi connectivity index (χ2v) is 4.30. The van der Waals surface area contributed by atoms with E-state index in [4.69, 9.17) is 0 Å². The second kappa shape index (κ2) is 6.05. The zero-order chi connectivity index (χ0) is 12.8. The summed E-state index contributed by atoms with van der Waals surface area (Å²) in [6.45, 7) is 5.88. The molecule has 94 valence electrons. The molecule has 3 heteroatoms. The summed E-state index contributed by atoms with van der Waals surface area (Å²) in [6.07, 6.45) is 1.81. The van der Waals surface area contributed by atoms with Crippen molar-refractivity contribution < 1.29 is 0 Å². The quantitative estimate of drug-likeness (QED) is 0.842. The normalized spacial score (nSPS) is 10.1. The van der Waals surface area contributed by atoms with Gasteiger partial charge in [-0.15, -0.1) is 0 Å². The Balaban J connectivity index is 1.97. The molecule has 0 aliphatic heterocycles. The van der Waals surface area contributed by atoms with E-state index in [1.54, 1.807) is 0 Å². The van der Waals surface area contributed by atoms with Gasteiger partial charge in [0.1, 0.15) is 5.82 Å². The first-order valence-corrected chi connectivity index (χ1v) is 6.27. The van der Waals surface area contributed by atoms with Crippen molar-refractivity contribution in [1.82, 2.24) is 4.98 Å². The molecule has 1 aromatic carbocycles. The van der Waals surface area contributed by atoms with E-state index in [1.165, 1.54) is 11.1 Å². The summed E-state index contributed by atoms with van der Waals surface area (Å²) < 4.78 is 0. The highest BCUT2D eigenvalue weighted by molar-refractivity contribution is 5.52. The molecule has 0 fully saturated rings. The highest BCUT2D eigenvalue weighted by Crippen LogP contribution is 2.13. The van der Waals surface area contributed by atoms with Crippen LogP contribution in [-0.2, 0) is 6.54 Å². The minimum Gasteiger partial charge on any atom is -0.381 e. The largest absolute Gasteiger partial charge is 0.381 e. The molecular weight excluding hydrogens is 222 g/mol. The van der Waals surface area contributed by atoms with Crippen molar-refractivity contribution in [2.75, 3.05) is 17.2 Å². The van der Waals surface area contributed by atoms with Gasteiger partial charge < -0.3 is 10.6 Å². The number of hydrogen-bond donors (Lipinski definition) is 2. The maximum Gasteiger partial charge on any atom is 0.127 e. The lowest BCUT2D eigenvalue weighted by atomic mass is 10.1. The molecule has 2 rings (SSSR count). The van der Waals surface area contributed by atoms with Crippen LogP contribution < -0.4 is 10.6 Å². The summed E-state index contributed by atoms with van der Waals surface area (Å²) in [4.78, 5) is 4.24. The van der Waals surface area contributed by atoms with Crippen LogP contribution in [0.5, 0.6) is 0 Å². The Labute approximate surface area is 108 Å². The molecule has 0 spiro atoms. The van der Waals surface area contributed by atoms with Crippen molar-refractivity contribution in [1.29, 1.82) is 0 Å². The fourth-order valence-corrected chi connectivity index (χ4v) is 1.73. The predicted octanol–water partition coefficient (Wildman–Crippen LogP) is 3.43. The van der Waals surface area contributed by atoms with Gasteiger partial charge in [0, 0.05) is 31.0 Å². The smallest absolute Gasteiger partial charge is 0.127 e. The van der Waals surface area contributed by atoms with Crippen LogP contribution in [-0.4, -0.2) is 11.5 Å². The van der Waals surface area contributed by atoms with Crippen molar-refractivity contribution in [3.05, 3.63) is 53.7 Å². The molecule has 0 saturated carbocycles. The number of nitrogens with zero attached hydrogens (tertiary/aromatic N) is 1. The Bertz CT molecular complexity index is 491. The van der Waals surface area contributed by atoms with Crippen molar-refractivity contribution in [2.45, 2.75) is 20.4 Å². The van der Waals surface area contributed by atoms with Gasteiger partial charge in [-0.25, -0.2) is 4.98 Å². The second-order valence-electron chi connectivity index (χ2n) is 4.30. The van der Waals surface area contributed by atoms with E-state index < -0.39 is 0 Å². The summed E-state index contributed by atoms with van der Waals surface area (Å²) >= 11 is 0. The van der Waals surface area contributed by atoms with Crippen LogP contribution in [0.15, 0.2) is 42.6 Å². The Morgan fingerprint density at radius 1 is 1.06 bits per heavy atom. The van der Waals surface area contributed by atoms with Gasteiger partial charge in [0.25, 0.3) is 0 Å². The first-order chi connectivity index (χ1) is 8.78. The number of aromatic nitrogens is 1. The molecule has 0 bridgehead atoms. The molecule has 0 amide bonds. The molecule has 0 atom stereocenters. The van der Waals surface area contributed by atoms with Gasteiger partial charge in [0.15, 0.2) is 0 Å². The number of nitrogens with one attached hydrogen (secondary N) is 2. The zero-order valence-electron chi connectivity index (χ0n) is 10.9. The molecule has 0 saturated heterocycles. The van der Waals surface area contributed by atoms with E-state index in [0.29, 0.717) is 0 Å². The van der Waals surface area contributed by atoms with Gasteiger partial charge in [-0.3, -0.25) is 0 Å². The molecule has 1 aromatic heterocycles. The van der Waals surface area contributed by atoms with E-state index in [0.717, 1.165) is 24.6 Å². The number of pyridine rings is 1. The van der Waals surface area contributed by atoms with Crippen LogP contribution in [0.4, 0.5) is 11.5 Å². The highest BCUT2D eigenvalue weighted by atomic mass is 15.0. The van der Waals surface area contributed by atoms with Gasteiger partial charge in [-0.05, 0) is 25.5 Å². The molecule has 0 unspecified atom stereocenters. The number of rotatable bonds is 5. The van der Waals surface area contributed by atoms with Crippen molar-refractivity contribution in [2.24, 2.45) is 0 Å². The zero-order valence-corrected chi connectivity index (χ0v) is 10.9. The minimum absolute atomic E-state index is 0.829. The van der Waals surface area contributed by atoms with Crippen LogP contribution >= 0.6 is 0 Å². The SMILES string of the molecule is CCNc1cc(NCc2ccc(C)cc2)ccn1. The third-order valence-electron chi connectivity index (χ3n) is 2.74. The molecule has 1 heterocycles. The van der Waals surface area contributed by atoms with E-state index >= 15 is 0 Å². The van der Waals surface area contributed by atoms with Crippen molar-refractivity contribution in [3.63, 3.8) is 0 Å². The van der Waals surface area contributed by atoms with Crippen LogP contribution in [0.25, 0.3) is 0 Å². The molecule has 3 nitrogen and oxygen atoms in total. The Kier molecular flexibility index (Phi) is 4.18. The summed E-state index contributed by atoms with van der Waals surface area (Å²) in [5.74, 6) is 0.909. The fourth-order valence-electron chi connectivity index (χ4n) is 1.73. The average molecular weight is 241 g/mol. The van der Waals surface area contributed by atoms with Gasteiger partial charge in [-0.1, -0.05) is 29.8 Å². The lowest BCUT2D eigenvalue weighted by Gasteiger charge is -2.08. The maximum absolute atomic E-state index is 4.24. The van der Waals surface area contributed by atoms with E-state index in [9.17, 15) is 0 Å². The van der Waals surface area contributed by atoms with Crippen LogP contribution in [0.1, 0.15) is 18.1 Å². The number of benzene rings is 1. The van der Waals surface area contributed by atoms with E-state index in [1.807, 2.05) is 18.3 Å². The maximum atomic E-state index is 4.24. The fraction of sp³-hybridized carbons (Fsp3) is 0.267. The van der Waals surface area contributed by atoms with Gasteiger partial charge in [-0.2, -0.15) is 0 Å². The van der Waals surface area contributed by atoms with Crippen molar-refractivity contribution in [3.8, 4) is 0 Å². The number of aryl methyl sites for hydroxylation is 1. The average Bonchev–Trinajstić information content (AvgIpc) is 2.39. The predicted molar refractivity (Wildman–Crippen MR) is 76.9 cm³/mol. The minimum atomic E-state index is 0.829. The summed E-state index contributed by atoms with van der Waals surface area (Å²) in [7, 11) is 0. The highest BCUT2D eigenvalue weighted by Gasteiger charge is 1.96. The molecule has 2 N–H and O–H groups in total.